The first-order valence-electron chi connectivity index (χ1n) is 0. The zero-order valence-corrected chi connectivity index (χ0v) is 6.83. The minimum absolute atomic E-state index is 0. The van der Waals surface area contributed by atoms with Gasteiger partial charge in [-0.1, -0.05) is 0 Å². The van der Waals surface area contributed by atoms with E-state index in [0.717, 1.165) is 0 Å². The van der Waals surface area contributed by atoms with E-state index in [-0.39, 0.29) is 71.7 Å². The first-order chi connectivity index (χ1) is 0. The van der Waals surface area contributed by atoms with Crippen molar-refractivity contribution in [3.8, 4) is 0 Å². The van der Waals surface area contributed by atoms with Crippen molar-refractivity contribution in [2.75, 3.05) is 0 Å². The quantitative estimate of drug-likeness (QED) is 0.506. The summed E-state index contributed by atoms with van der Waals surface area (Å²) < 4.78 is 0. The molecule has 0 aromatic heterocycles. The summed E-state index contributed by atoms with van der Waals surface area (Å²) >= 11 is 0. The first kappa shape index (κ1) is 34.4. The molecule has 0 heterocycles. The Morgan fingerprint density at radius 1 is 1.00 bits per heavy atom. The Bertz CT molecular complexity index is 8.00. The monoisotopic (exact) mass is 242 g/mol. The molecule has 0 aliphatic carbocycles. The van der Waals surface area contributed by atoms with E-state index >= 15 is 0 Å². The van der Waals surface area contributed by atoms with Crippen LogP contribution in [0.3, 0.4) is 0 Å². The van der Waals surface area contributed by atoms with Gasteiger partial charge in [-0.05, 0) is 0 Å². The van der Waals surface area contributed by atoms with Crippen molar-refractivity contribution in [3.05, 3.63) is 0 Å². The van der Waals surface area contributed by atoms with Crippen LogP contribution in [0, 0.1) is 0 Å². The fourth-order valence-electron chi connectivity index (χ4n) is 0. The van der Waals surface area contributed by atoms with E-state index < -0.39 is 0 Å². The third-order valence-corrected chi connectivity index (χ3v) is 0. The summed E-state index contributed by atoms with van der Waals surface area (Å²) in [4.78, 5) is 0. The second-order valence-corrected chi connectivity index (χ2v) is 0. The summed E-state index contributed by atoms with van der Waals surface area (Å²) in [7, 11) is 0. The molecular weight excluding hydrogens is 241 g/mol. The van der Waals surface area contributed by atoms with Crippen LogP contribution in [0.15, 0.2) is 0 Å². The van der Waals surface area contributed by atoms with Gasteiger partial charge in [-0.2, -0.15) is 0 Å². The van der Waals surface area contributed by atoms with Crippen LogP contribution in [0.2, 0.25) is 0 Å². The van der Waals surface area contributed by atoms with Gasteiger partial charge in [0.05, 0.1) is 0 Å². The van der Waals surface area contributed by atoms with E-state index in [4.69, 9.17) is 0 Å². The van der Waals surface area contributed by atoms with Gasteiger partial charge in [0.1, 0.15) is 0 Å². The number of hydrogen-bond acceptors (Lipinski definition) is 0. The molecule has 0 aliphatic heterocycles. The van der Waals surface area contributed by atoms with Gasteiger partial charge in [0.2, 0.25) is 0 Å². The fourth-order valence-corrected chi connectivity index (χ4v) is 0. The smallest absolute Gasteiger partial charge is 0 e. The summed E-state index contributed by atoms with van der Waals surface area (Å²) in [6, 6.07) is 0. The molecule has 4 heteroatoms. The van der Waals surface area contributed by atoms with Gasteiger partial charge < -0.3 is 0 Å². The number of rotatable bonds is 0. The second kappa shape index (κ2) is 18.9. The maximum absolute atomic E-state index is 0. The van der Waals surface area contributed by atoms with Crippen molar-refractivity contribution >= 4 is 17.4 Å². The SMILES string of the molecule is [Al].[Co].[Mo].[Ni]. The van der Waals surface area contributed by atoms with Crippen molar-refractivity contribution in [1.29, 1.82) is 0 Å². The fraction of sp³-hybridized carbons (Fsp3) is 0. The maximum Gasteiger partial charge on any atom is 0 e. The normalized spacial score (nSPS) is 0. The molecule has 0 aromatic carbocycles. The molecule has 28 valence electrons. The number of hydrogen-bond donors (Lipinski definition) is 0. The average molecular weight is 241 g/mol. The molecule has 0 rings (SSSR count). The molecule has 0 bridgehead atoms. The van der Waals surface area contributed by atoms with Crippen LogP contribution in [0.4, 0.5) is 0 Å². The van der Waals surface area contributed by atoms with Crippen LogP contribution in [0.25, 0.3) is 0 Å². The molecule has 0 nitrogen and oxygen atoms in total. The van der Waals surface area contributed by atoms with Crippen LogP contribution in [0.5, 0.6) is 0 Å². The summed E-state index contributed by atoms with van der Waals surface area (Å²) in [6.45, 7) is 0. The molecule has 0 amide bonds. The topological polar surface area (TPSA) is 0 Å². The standard InChI is InChI=1S/Al.Co.Mo.Ni. The van der Waals surface area contributed by atoms with Gasteiger partial charge in [0, 0.05) is 71.7 Å². The van der Waals surface area contributed by atoms with Gasteiger partial charge in [-0.25, -0.2) is 0 Å². The van der Waals surface area contributed by atoms with Crippen LogP contribution >= 0.6 is 0 Å². The Hall–Kier alpha value is 2.22. The largest absolute Gasteiger partial charge is 0 e. The van der Waals surface area contributed by atoms with Crippen LogP contribution in [-0.2, 0) is 54.3 Å². The van der Waals surface area contributed by atoms with Gasteiger partial charge in [-0.15, -0.1) is 0 Å². The summed E-state index contributed by atoms with van der Waals surface area (Å²) in [6.07, 6.45) is 0. The van der Waals surface area contributed by atoms with E-state index in [2.05, 4.69) is 0 Å². The van der Waals surface area contributed by atoms with Crippen LogP contribution in [0.1, 0.15) is 0 Å². The van der Waals surface area contributed by atoms with Crippen LogP contribution < -0.4 is 0 Å². The van der Waals surface area contributed by atoms with Crippen molar-refractivity contribution in [1.82, 2.24) is 0 Å². The molecular formula is AlCoMoNi. The van der Waals surface area contributed by atoms with E-state index in [1.54, 1.807) is 0 Å². The van der Waals surface area contributed by atoms with Gasteiger partial charge in [0.15, 0.2) is 0 Å². The molecule has 0 atom stereocenters. The Kier molecular flexibility index (Phi) is 162. The molecule has 0 aromatic rings. The zero-order valence-electron chi connectivity index (χ0n) is 1.64. The minimum Gasteiger partial charge on any atom is 0 e. The van der Waals surface area contributed by atoms with Crippen molar-refractivity contribution < 1.29 is 54.3 Å². The Balaban J connectivity index is 0. The molecule has 0 saturated carbocycles. The molecule has 0 saturated heterocycles. The van der Waals surface area contributed by atoms with E-state index in [1.165, 1.54) is 0 Å². The van der Waals surface area contributed by atoms with Gasteiger partial charge in [0.25, 0.3) is 0 Å². The molecule has 0 N–H and O–H groups in total. The van der Waals surface area contributed by atoms with Crippen molar-refractivity contribution in [3.63, 3.8) is 0 Å². The predicted octanol–water partition coefficient (Wildman–Crippen LogP) is -0.388. The summed E-state index contributed by atoms with van der Waals surface area (Å²) in [5.41, 5.74) is 0. The van der Waals surface area contributed by atoms with Crippen LogP contribution in [-0.4, -0.2) is 17.4 Å². The molecule has 0 fully saturated rings. The van der Waals surface area contributed by atoms with Gasteiger partial charge >= 0.3 is 0 Å². The zero-order chi connectivity index (χ0) is 0. The summed E-state index contributed by atoms with van der Waals surface area (Å²) in [5.74, 6) is 0. The molecule has 4 radical (unpaired) electrons. The predicted molar refractivity (Wildman–Crippen MR) is 5.75 cm³/mol. The van der Waals surface area contributed by atoms with E-state index in [0.29, 0.717) is 0 Å². The molecule has 0 aliphatic rings. The van der Waals surface area contributed by atoms with E-state index in [1.807, 2.05) is 0 Å². The average Bonchev–Trinajstić information content (AvgIpc) is 0. The second-order valence-electron chi connectivity index (χ2n) is 0. The van der Waals surface area contributed by atoms with Crippen molar-refractivity contribution in [2.45, 2.75) is 0 Å². The summed E-state index contributed by atoms with van der Waals surface area (Å²) in [5, 5.41) is 0. The Morgan fingerprint density at radius 2 is 1.00 bits per heavy atom. The molecule has 4 heavy (non-hydrogen) atoms. The molecule has 0 unspecified atom stereocenters. The van der Waals surface area contributed by atoms with Gasteiger partial charge in [-0.3, -0.25) is 0 Å². The minimum atomic E-state index is 0. The van der Waals surface area contributed by atoms with Crippen molar-refractivity contribution in [2.24, 2.45) is 0 Å². The third-order valence-electron chi connectivity index (χ3n) is 0. The first-order valence-corrected chi connectivity index (χ1v) is 0. The third kappa shape index (κ3) is 8.88. The molecule has 0 spiro atoms. The maximum atomic E-state index is 0. The Labute approximate surface area is 71.0 Å². The van der Waals surface area contributed by atoms with E-state index in [9.17, 15) is 0 Å². The Morgan fingerprint density at radius 3 is 1.00 bits per heavy atom.